The second-order valence-electron chi connectivity index (χ2n) is 9.45. The van der Waals surface area contributed by atoms with Crippen molar-refractivity contribution in [1.29, 1.82) is 0 Å². The van der Waals surface area contributed by atoms with Crippen LogP contribution in [0, 0.1) is 0 Å². The lowest BCUT2D eigenvalue weighted by Crippen LogP contribution is -2.51. The van der Waals surface area contributed by atoms with E-state index in [0.29, 0.717) is 34.7 Å². The molecular weight excluding hydrogens is 472 g/mol. The second kappa shape index (κ2) is 9.88. The number of carbonyl (C=O) groups is 2. The topological polar surface area (TPSA) is 111 Å². The van der Waals surface area contributed by atoms with E-state index in [9.17, 15) is 9.59 Å². The van der Waals surface area contributed by atoms with Crippen LogP contribution in [-0.4, -0.2) is 44.1 Å². The van der Waals surface area contributed by atoms with Gasteiger partial charge in [0.15, 0.2) is 11.5 Å². The zero-order chi connectivity index (χ0) is 26.0. The van der Waals surface area contributed by atoms with Gasteiger partial charge in [0.05, 0.1) is 5.52 Å². The maximum Gasteiger partial charge on any atom is 0.249 e. The van der Waals surface area contributed by atoms with Crippen molar-refractivity contribution in [2.45, 2.75) is 45.3 Å². The summed E-state index contributed by atoms with van der Waals surface area (Å²) in [6.07, 6.45) is 3.92. The highest BCUT2D eigenvalue weighted by Crippen LogP contribution is 2.38. The van der Waals surface area contributed by atoms with Crippen molar-refractivity contribution >= 4 is 28.5 Å². The molecule has 0 saturated heterocycles. The van der Waals surface area contributed by atoms with Crippen molar-refractivity contribution in [1.82, 2.24) is 25.3 Å². The summed E-state index contributed by atoms with van der Waals surface area (Å²) < 4.78 is 12.6. The third-order valence-electron chi connectivity index (χ3n) is 6.48. The van der Waals surface area contributed by atoms with Crippen LogP contribution in [0.5, 0.6) is 11.5 Å². The zero-order valence-corrected chi connectivity index (χ0v) is 20.9. The molecule has 1 N–H and O–H groups in total. The molecule has 2 aromatic heterocycles. The molecule has 5 rings (SSSR count). The number of anilines is 1. The van der Waals surface area contributed by atoms with E-state index in [0.717, 1.165) is 5.52 Å². The maximum atomic E-state index is 14.1. The number of aromatic nitrogens is 4. The molecule has 0 radical (unpaired) electrons. The zero-order valence-electron chi connectivity index (χ0n) is 20.9. The molecule has 0 saturated carbocycles. The summed E-state index contributed by atoms with van der Waals surface area (Å²) in [5, 5.41) is 11.5. The fourth-order valence-electron chi connectivity index (χ4n) is 4.16. The van der Waals surface area contributed by atoms with Crippen LogP contribution in [0.3, 0.4) is 0 Å². The molecule has 190 valence electrons. The highest BCUT2D eigenvalue weighted by molar-refractivity contribution is 6.02. The minimum absolute atomic E-state index is 0.0939. The van der Waals surface area contributed by atoms with Crippen LogP contribution in [0.1, 0.15) is 38.8 Å². The van der Waals surface area contributed by atoms with Gasteiger partial charge in [-0.1, -0.05) is 24.3 Å². The fourth-order valence-corrected chi connectivity index (χ4v) is 4.16. The van der Waals surface area contributed by atoms with Crippen LogP contribution >= 0.6 is 0 Å². The van der Waals surface area contributed by atoms with E-state index in [2.05, 4.69) is 20.6 Å². The number of nitrogens with zero attached hydrogens (tertiary/aromatic N) is 5. The lowest BCUT2D eigenvalue weighted by molar-refractivity contribution is -0.128. The molecule has 2 amide bonds. The number of hydrogen-bond acceptors (Lipinski definition) is 7. The molecule has 1 aliphatic rings. The van der Waals surface area contributed by atoms with Crippen molar-refractivity contribution < 1.29 is 19.1 Å². The molecular formula is C27H28N6O4. The molecule has 0 spiro atoms. The van der Waals surface area contributed by atoms with E-state index in [1.165, 1.54) is 9.58 Å². The Morgan fingerprint density at radius 2 is 1.84 bits per heavy atom. The first-order chi connectivity index (χ1) is 17.9. The standard InChI is InChI=1S/C27H28N6O4/c1-4-27(2,3)29-26(35)25(18-11-13-28-14-12-18)33(19-9-10-22-23(15-19)37-17-36-22)24(34)16-32-21-8-6-5-7-20(21)30-31-32/h5-15,25H,4,16-17H2,1-3H3,(H,29,35)/t25-/m0/s1. The van der Waals surface area contributed by atoms with Gasteiger partial charge in [0.1, 0.15) is 18.1 Å². The van der Waals surface area contributed by atoms with E-state index < -0.39 is 11.6 Å². The van der Waals surface area contributed by atoms with Crippen LogP contribution in [-0.2, 0) is 16.1 Å². The van der Waals surface area contributed by atoms with Crippen LogP contribution in [0.25, 0.3) is 11.0 Å². The second-order valence-corrected chi connectivity index (χ2v) is 9.45. The highest BCUT2D eigenvalue weighted by atomic mass is 16.7. The SMILES string of the molecule is CCC(C)(C)NC(=O)[C@H](c1ccncc1)N(C(=O)Cn1nnc2ccccc21)c1ccc2c(c1)OCO2. The summed E-state index contributed by atoms with van der Waals surface area (Å²) in [5.41, 5.74) is 2.03. The maximum absolute atomic E-state index is 14.1. The van der Waals surface area contributed by atoms with Gasteiger partial charge in [0.25, 0.3) is 0 Å². The molecule has 2 aromatic carbocycles. The van der Waals surface area contributed by atoms with E-state index in [1.54, 1.807) is 42.7 Å². The average molecular weight is 501 g/mol. The third kappa shape index (κ3) is 4.95. The average Bonchev–Trinajstić information content (AvgIpc) is 3.54. The largest absolute Gasteiger partial charge is 0.454 e. The number of pyridine rings is 1. The van der Waals surface area contributed by atoms with Gasteiger partial charge in [0, 0.05) is 29.7 Å². The fraction of sp³-hybridized carbons (Fsp3) is 0.296. The van der Waals surface area contributed by atoms with Gasteiger partial charge < -0.3 is 14.8 Å². The Labute approximate surface area is 214 Å². The molecule has 10 nitrogen and oxygen atoms in total. The Bertz CT molecular complexity index is 1440. The van der Waals surface area contributed by atoms with Crippen LogP contribution in [0.4, 0.5) is 5.69 Å². The van der Waals surface area contributed by atoms with Crippen LogP contribution in [0.15, 0.2) is 67.0 Å². The van der Waals surface area contributed by atoms with E-state index in [-0.39, 0.29) is 25.2 Å². The predicted molar refractivity (Wildman–Crippen MR) is 137 cm³/mol. The van der Waals surface area contributed by atoms with Gasteiger partial charge in [-0.25, -0.2) is 4.68 Å². The van der Waals surface area contributed by atoms with E-state index in [1.807, 2.05) is 45.0 Å². The number of hydrogen-bond donors (Lipinski definition) is 1. The Morgan fingerprint density at radius 1 is 1.08 bits per heavy atom. The lowest BCUT2D eigenvalue weighted by Gasteiger charge is -2.34. The van der Waals surface area contributed by atoms with Gasteiger partial charge in [-0.2, -0.15) is 0 Å². The molecule has 4 aromatic rings. The van der Waals surface area contributed by atoms with Crippen LogP contribution < -0.4 is 19.7 Å². The summed E-state index contributed by atoms with van der Waals surface area (Å²) in [7, 11) is 0. The number of nitrogens with one attached hydrogen (secondary N) is 1. The normalized spacial score (nSPS) is 13.4. The monoisotopic (exact) mass is 500 g/mol. The summed E-state index contributed by atoms with van der Waals surface area (Å²) in [4.78, 5) is 33.5. The first-order valence-corrected chi connectivity index (χ1v) is 12.1. The lowest BCUT2D eigenvalue weighted by atomic mass is 9.98. The third-order valence-corrected chi connectivity index (χ3v) is 6.48. The van der Waals surface area contributed by atoms with Crippen molar-refractivity contribution in [2.24, 2.45) is 0 Å². The molecule has 0 aliphatic carbocycles. The van der Waals surface area contributed by atoms with Gasteiger partial charge in [-0.15, -0.1) is 5.10 Å². The van der Waals surface area contributed by atoms with E-state index in [4.69, 9.17) is 9.47 Å². The van der Waals surface area contributed by atoms with E-state index >= 15 is 0 Å². The summed E-state index contributed by atoms with van der Waals surface area (Å²) in [6.45, 7) is 5.86. The Morgan fingerprint density at radius 3 is 2.62 bits per heavy atom. The molecule has 0 unspecified atom stereocenters. The Kier molecular flexibility index (Phi) is 6.47. The highest BCUT2D eigenvalue weighted by Gasteiger charge is 2.36. The Hall–Kier alpha value is -4.47. The van der Waals surface area contributed by atoms with Gasteiger partial charge in [-0.05, 0) is 62.2 Å². The van der Waals surface area contributed by atoms with Crippen molar-refractivity contribution in [3.05, 3.63) is 72.6 Å². The number of rotatable bonds is 8. The van der Waals surface area contributed by atoms with Crippen molar-refractivity contribution in [2.75, 3.05) is 11.7 Å². The first kappa shape index (κ1) is 24.2. The molecule has 1 atom stereocenters. The Balaban J connectivity index is 1.60. The quantitative estimate of drug-likeness (QED) is 0.393. The summed E-state index contributed by atoms with van der Waals surface area (Å²) in [6, 6.07) is 15.1. The van der Waals surface area contributed by atoms with Crippen molar-refractivity contribution in [3.63, 3.8) is 0 Å². The van der Waals surface area contributed by atoms with Gasteiger partial charge in [0.2, 0.25) is 18.6 Å². The number of carbonyl (C=O) groups excluding carboxylic acids is 2. The molecule has 10 heteroatoms. The van der Waals surface area contributed by atoms with Gasteiger partial charge >= 0.3 is 0 Å². The molecule has 37 heavy (non-hydrogen) atoms. The van der Waals surface area contributed by atoms with Crippen LogP contribution in [0.2, 0.25) is 0 Å². The number of fused-ring (bicyclic) bond motifs is 2. The number of amides is 2. The first-order valence-electron chi connectivity index (χ1n) is 12.1. The minimum Gasteiger partial charge on any atom is -0.454 e. The molecule has 0 fully saturated rings. The number of para-hydroxylation sites is 1. The molecule has 1 aliphatic heterocycles. The molecule has 0 bridgehead atoms. The summed E-state index contributed by atoms with van der Waals surface area (Å²) in [5.74, 6) is 0.424. The summed E-state index contributed by atoms with van der Waals surface area (Å²) >= 11 is 0. The molecule has 3 heterocycles. The minimum atomic E-state index is -0.975. The number of benzene rings is 2. The van der Waals surface area contributed by atoms with Gasteiger partial charge in [-0.3, -0.25) is 19.5 Å². The smallest absolute Gasteiger partial charge is 0.249 e. The van der Waals surface area contributed by atoms with Crippen molar-refractivity contribution in [3.8, 4) is 11.5 Å². The number of ether oxygens (including phenoxy) is 2. The predicted octanol–water partition coefficient (Wildman–Crippen LogP) is 3.63.